The standard InChI is InChI=1S/C14H20O3/c1-10(2)17-13-7-5-6-12(16-4)14(13)11(3)8-9-15/h5-7,9-11H,8H2,1-4H3. The van der Waals surface area contributed by atoms with Crippen molar-refractivity contribution in [3.05, 3.63) is 23.8 Å². The molecule has 0 heterocycles. The summed E-state index contributed by atoms with van der Waals surface area (Å²) in [5, 5.41) is 0. The first kappa shape index (κ1) is 13.6. The maximum absolute atomic E-state index is 10.6. The van der Waals surface area contributed by atoms with E-state index in [4.69, 9.17) is 9.47 Å². The number of carbonyl (C=O) groups excluding carboxylic acids is 1. The second-order valence-electron chi connectivity index (χ2n) is 4.34. The highest BCUT2D eigenvalue weighted by Gasteiger charge is 2.17. The molecule has 0 aliphatic carbocycles. The van der Waals surface area contributed by atoms with Gasteiger partial charge in [-0.3, -0.25) is 0 Å². The number of aldehydes is 1. The Bertz CT molecular complexity index is 372. The number of carbonyl (C=O) groups is 1. The van der Waals surface area contributed by atoms with E-state index in [0.29, 0.717) is 6.42 Å². The van der Waals surface area contributed by atoms with E-state index in [2.05, 4.69) is 0 Å². The molecule has 1 unspecified atom stereocenters. The minimum absolute atomic E-state index is 0.0948. The Morgan fingerprint density at radius 1 is 1.24 bits per heavy atom. The highest BCUT2D eigenvalue weighted by Crippen LogP contribution is 2.36. The molecule has 1 aromatic carbocycles. The van der Waals surface area contributed by atoms with Crippen LogP contribution < -0.4 is 9.47 Å². The fraction of sp³-hybridized carbons (Fsp3) is 0.500. The molecule has 17 heavy (non-hydrogen) atoms. The maximum Gasteiger partial charge on any atom is 0.126 e. The summed E-state index contributed by atoms with van der Waals surface area (Å²) in [5.74, 6) is 1.67. The van der Waals surface area contributed by atoms with Gasteiger partial charge in [-0.2, -0.15) is 0 Å². The van der Waals surface area contributed by atoms with Crippen molar-refractivity contribution in [3.8, 4) is 11.5 Å². The van der Waals surface area contributed by atoms with E-state index in [1.807, 2.05) is 39.0 Å². The molecule has 0 aromatic heterocycles. The lowest BCUT2D eigenvalue weighted by Gasteiger charge is -2.20. The average molecular weight is 236 g/mol. The van der Waals surface area contributed by atoms with Crippen molar-refractivity contribution in [1.82, 2.24) is 0 Å². The molecule has 0 aliphatic heterocycles. The quantitative estimate of drug-likeness (QED) is 0.712. The summed E-state index contributed by atoms with van der Waals surface area (Å²) in [4.78, 5) is 10.6. The van der Waals surface area contributed by atoms with Crippen molar-refractivity contribution in [2.24, 2.45) is 0 Å². The molecular weight excluding hydrogens is 216 g/mol. The van der Waals surface area contributed by atoms with Gasteiger partial charge in [-0.15, -0.1) is 0 Å². The SMILES string of the molecule is COc1cccc(OC(C)C)c1C(C)CC=O. The molecule has 0 bridgehead atoms. The van der Waals surface area contributed by atoms with Crippen molar-refractivity contribution < 1.29 is 14.3 Å². The van der Waals surface area contributed by atoms with E-state index in [1.165, 1.54) is 0 Å². The van der Waals surface area contributed by atoms with Gasteiger partial charge < -0.3 is 14.3 Å². The molecule has 1 aromatic rings. The molecule has 0 saturated heterocycles. The first-order valence-corrected chi connectivity index (χ1v) is 5.87. The van der Waals surface area contributed by atoms with Crippen molar-refractivity contribution in [1.29, 1.82) is 0 Å². The minimum Gasteiger partial charge on any atom is -0.496 e. The van der Waals surface area contributed by atoms with Crippen molar-refractivity contribution >= 4 is 6.29 Å². The van der Waals surface area contributed by atoms with Gasteiger partial charge in [0.1, 0.15) is 17.8 Å². The zero-order valence-corrected chi connectivity index (χ0v) is 10.9. The average Bonchev–Trinajstić information content (AvgIpc) is 2.28. The third-order valence-electron chi connectivity index (χ3n) is 2.55. The minimum atomic E-state index is 0.0948. The van der Waals surface area contributed by atoms with Crippen LogP contribution in [0.3, 0.4) is 0 Å². The molecule has 0 amide bonds. The number of ether oxygens (including phenoxy) is 2. The van der Waals surface area contributed by atoms with Gasteiger partial charge in [0.05, 0.1) is 13.2 Å². The van der Waals surface area contributed by atoms with E-state index in [-0.39, 0.29) is 12.0 Å². The van der Waals surface area contributed by atoms with E-state index in [0.717, 1.165) is 23.3 Å². The number of rotatable bonds is 6. The Morgan fingerprint density at radius 2 is 1.88 bits per heavy atom. The van der Waals surface area contributed by atoms with Gasteiger partial charge in [0.2, 0.25) is 0 Å². The fourth-order valence-electron chi connectivity index (χ4n) is 1.81. The van der Waals surface area contributed by atoms with Gasteiger partial charge in [0.25, 0.3) is 0 Å². The lowest BCUT2D eigenvalue weighted by Crippen LogP contribution is -2.09. The van der Waals surface area contributed by atoms with Gasteiger partial charge in [-0.05, 0) is 31.9 Å². The number of benzene rings is 1. The van der Waals surface area contributed by atoms with E-state index >= 15 is 0 Å². The Hall–Kier alpha value is -1.51. The second-order valence-corrected chi connectivity index (χ2v) is 4.34. The van der Waals surface area contributed by atoms with Gasteiger partial charge in [0, 0.05) is 12.0 Å². The summed E-state index contributed by atoms with van der Waals surface area (Å²) in [6.45, 7) is 5.96. The van der Waals surface area contributed by atoms with Crippen LogP contribution in [0.4, 0.5) is 0 Å². The largest absolute Gasteiger partial charge is 0.496 e. The predicted molar refractivity (Wildman–Crippen MR) is 67.9 cm³/mol. The van der Waals surface area contributed by atoms with Crippen LogP contribution in [0, 0.1) is 0 Å². The molecule has 0 aliphatic rings. The summed E-state index contributed by atoms with van der Waals surface area (Å²) in [6.07, 6.45) is 1.50. The molecule has 94 valence electrons. The smallest absolute Gasteiger partial charge is 0.126 e. The Balaban J connectivity index is 3.14. The molecule has 3 heteroatoms. The topological polar surface area (TPSA) is 35.5 Å². The number of hydrogen-bond donors (Lipinski definition) is 0. The second kappa shape index (κ2) is 6.28. The molecule has 0 radical (unpaired) electrons. The van der Waals surface area contributed by atoms with E-state index in [1.54, 1.807) is 7.11 Å². The Labute approximate surface area is 103 Å². The summed E-state index contributed by atoms with van der Waals surface area (Å²) < 4.78 is 11.1. The number of hydrogen-bond acceptors (Lipinski definition) is 3. The zero-order valence-electron chi connectivity index (χ0n) is 10.9. The van der Waals surface area contributed by atoms with Crippen LogP contribution in [0.25, 0.3) is 0 Å². The Kier molecular flexibility index (Phi) is 5.01. The van der Waals surface area contributed by atoms with Crippen LogP contribution in [0.5, 0.6) is 11.5 Å². The van der Waals surface area contributed by atoms with Crippen LogP contribution in [0.2, 0.25) is 0 Å². The normalized spacial score (nSPS) is 12.3. The Morgan fingerprint density at radius 3 is 2.41 bits per heavy atom. The third-order valence-corrected chi connectivity index (χ3v) is 2.55. The van der Waals surface area contributed by atoms with Crippen LogP contribution in [-0.4, -0.2) is 19.5 Å². The molecule has 0 spiro atoms. The summed E-state index contributed by atoms with van der Waals surface area (Å²) in [6, 6.07) is 5.71. The van der Waals surface area contributed by atoms with Crippen LogP contribution in [0.15, 0.2) is 18.2 Å². The lowest BCUT2D eigenvalue weighted by molar-refractivity contribution is -0.108. The van der Waals surface area contributed by atoms with E-state index < -0.39 is 0 Å². The fourth-order valence-corrected chi connectivity index (χ4v) is 1.81. The third kappa shape index (κ3) is 3.48. The monoisotopic (exact) mass is 236 g/mol. The predicted octanol–water partition coefficient (Wildman–Crippen LogP) is 3.17. The maximum atomic E-state index is 10.6. The van der Waals surface area contributed by atoms with Crippen LogP contribution in [-0.2, 0) is 4.79 Å². The molecule has 0 fully saturated rings. The first-order chi connectivity index (χ1) is 8.10. The molecule has 0 N–H and O–H groups in total. The van der Waals surface area contributed by atoms with Crippen molar-refractivity contribution in [3.63, 3.8) is 0 Å². The molecule has 3 nitrogen and oxygen atoms in total. The highest BCUT2D eigenvalue weighted by molar-refractivity contribution is 5.55. The van der Waals surface area contributed by atoms with E-state index in [9.17, 15) is 4.79 Å². The number of methoxy groups -OCH3 is 1. The van der Waals surface area contributed by atoms with Gasteiger partial charge in [0.15, 0.2) is 0 Å². The molecular formula is C14H20O3. The van der Waals surface area contributed by atoms with Gasteiger partial charge >= 0.3 is 0 Å². The summed E-state index contributed by atoms with van der Waals surface area (Å²) in [7, 11) is 1.63. The zero-order chi connectivity index (χ0) is 12.8. The highest BCUT2D eigenvalue weighted by atomic mass is 16.5. The summed E-state index contributed by atoms with van der Waals surface area (Å²) >= 11 is 0. The van der Waals surface area contributed by atoms with Gasteiger partial charge in [-0.25, -0.2) is 0 Å². The van der Waals surface area contributed by atoms with Crippen LogP contribution in [0.1, 0.15) is 38.7 Å². The summed E-state index contributed by atoms with van der Waals surface area (Å²) in [5.41, 5.74) is 0.968. The molecule has 0 saturated carbocycles. The molecule has 1 atom stereocenters. The lowest BCUT2D eigenvalue weighted by atomic mass is 9.96. The van der Waals surface area contributed by atoms with Crippen molar-refractivity contribution in [2.75, 3.05) is 7.11 Å². The first-order valence-electron chi connectivity index (χ1n) is 5.87. The molecule has 1 rings (SSSR count). The van der Waals surface area contributed by atoms with Crippen molar-refractivity contribution in [2.45, 2.75) is 39.2 Å². The van der Waals surface area contributed by atoms with Crippen LogP contribution >= 0.6 is 0 Å². The van der Waals surface area contributed by atoms with Gasteiger partial charge in [-0.1, -0.05) is 13.0 Å².